The summed E-state index contributed by atoms with van der Waals surface area (Å²) in [7, 11) is -2.67. The molecular weight excluding hydrogens is 451 g/mol. The van der Waals surface area contributed by atoms with Crippen molar-refractivity contribution in [1.82, 2.24) is 9.55 Å². The summed E-state index contributed by atoms with van der Waals surface area (Å²) < 4.78 is 22.6. The topological polar surface area (TPSA) is 27.1 Å². The van der Waals surface area contributed by atoms with Crippen LogP contribution < -0.4 is 10.4 Å². The van der Waals surface area contributed by atoms with Gasteiger partial charge in [0.25, 0.3) is 8.32 Å². The van der Waals surface area contributed by atoms with Gasteiger partial charge in [-0.15, -0.1) is 0 Å². The minimum atomic E-state index is -2.67. The molecule has 4 rings (SSSR count). The first-order valence-corrected chi connectivity index (χ1v) is 13.8. The molecule has 3 nitrogen and oxygen atoms in total. The molecule has 0 fully saturated rings. The zero-order valence-corrected chi connectivity index (χ0v) is 21.9. The Morgan fingerprint density at radius 3 is 1.97 bits per heavy atom. The van der Waals surface area contributed by atoms with Crippen LogP contribution in [0.4, 0.5) is 4.39 Å². The molecule has 0 spiro atoms. The molecule has 180 valence electrons. The second-order valence-corrected chi connectivity index (χ2v) is 14.4. The number of aromatic nitrogens is 2. The Hall–Kier alpha value is -3.28. The molecule has 4 aromatic rings. The first-order valence-electron chi connectivity index (χ1n) is 11.9. The first-order chi connectivity index (χ1) is 16.7. The highest BCUT2D eigenvalue weighted by atomic mass is 28.4. The van der Waals surface area contributed by atoms with E-state index in [-0.39, 0.29) is 16.9 Å². The van der Waals surface area contributed by atoms with Gasteiger partial charge in [0.1, 0.15) is 5.82 Å². The Kier molecular flexibility index (Phi) is 7.19. The third kappa shape index (κ3) is 5.07. The van der Waals surface area contributed by atoms with Crippen molar-refractivity contribution in [2.45, 2.75) is 38.8 Å². The number of halogens is 1. The fourth-order valence-corrected chi connectivity index (χ4v) is 9.29. The van der Waals surface area contributed by atoms with E-state index in [1.54, 1.807) is 12.1 Å². The Labute approximate surface area is 209 Å². The molecule has 0 radical (unpaired) electrons. The normalized spacial score (nSPS) is 12.9. The van der Waals surface area contributed by atoms with Crippen LogP contribution in [0.1, 0.15) is 33.7 Å². The Morgan fingerprint density at radius 2 is 1.49 bits per heavy atom. The standard InChI is InChI=1S/C30H33FN2OSi/c1-23(2)29(33-20-28(32-22-33)24-16-18-25(31)19-17-24)21-34-35(30(3,4)5,26-12-8-6-9-13-26)27-14-10-7-11-15-27/h6-20,22,29H,1,21H2,2-5H3/t29-/m1/s1. The minimum Gasteiger partial charge on any atom is -0.405 e. The zero-order valence-electron chi connectivity index (χ0n) is 20.9. The van der Waals surface area contributed by atoms with Crippen molar-refractivity contribution in [2.75, 3.05) is 6.61 Å². The maximum atomic E-state index is 13.4. The lowest BCUT2D eigenvalue weighted by atomic mass is 10.1. The number of rotatable bonds is 8. The predicted molar refractivity (Wildman–Crippen MR) is 145 cm³/mol. The van der Waals surface area contributed by atoms with E-state index in [1.807, 2.05) is 19.4 Å². The number of nitrogens with zero attached hydrogens (tertiary/aromatic N) is 2. The molecule has 1 heterocycles. The van der Waals surface area contributed by atoms with Gasteiger partial charge in [-0.2, -0.15) is 0 Å². The van der Waals surface area contributed by atoms with Crippen LogP contribution in [0.15, 0.2) is 110 Å². The van der Waals surface area contributed by atoms with Crippen molar-refractivity contribution >= 4 is 18.7 Å². The van der Waals surface area contributed by atoms with E-state index in [9.17, 15) is 4.39 Å². The molecule has 0 unspecified atom stereocenters. The summed E-state index contributed by atoms with van der Waals surface area (Å²) in [6.07, 6.45) is 3.80. The van der Waals surface area contributed by atoms with Gasteiger partial charge in [-0.3, -0.25) is 0 Å². The Balaban J connectivity index is 1.72. The van der Waals surface area contributed by atoms with E-state index < -0.39 is 8.32 Å². The van der Waals surface area contributed by atoms with E-state index in [2.05, 4.69) is 97.6 Å². The fourth-order valence-electron chi connectivity index (χ4n) is 4.73. The number of benzene rings is 3. The molecule has 1 atom stereocenters. The quantitative estimate of drug-likeness (QED) is 0.214. The summed E-state index contributed by atoms with van der Waals surface area (Å²) >= 11 is 0. The second-order valence-electron chi connectivity index (χ2n) is 10.0. The van der Waals surface area contributed by atoms with Gasteiger partial charge in [0.05, 0.1) is 24.7 Å². The third-order valence-corrected chi connectivity index (χ3v) is 11.5. The monoisotopic (exact) mass is 484 g/mol. The van der Waals surface area contributed by atoms with Crippen LogP contribution in [0.25, 0.3) is 11.3 Å². The van der Waals surface area contributed by atoms with E-state index in [0.717, 1.165) is 16.8 Å². The summed E-state index contributed by atoms with van der Waals surface area (Å²) in [4.78, 5) is 4.58. The third-order valence-electron chi connectivity index (χ3n) is 6.54. The van der Waals surface area contributed by atoms with Crippen molar-refractivity contribution in [3.8, 4) is 11.3 Å². The molecule has 0 N–H and O–H groups in total. The molecule has 5 heteroatoms. The van der Waals surface area contributed by atoms with Crippen LogP contribution in [-0.4, -0.2) is 24.5 Å². The molecule has 0 aliphatic heterocycles. The summed E-state index contributed by atoms with van der Waals surface area (Å²) in [6, 6.07) is 27.6. The SMILES string of the molecule is C=C(C)[C@@H](CO[Si](c1ccccc1)(c1ccccc1)C(C)(C)C)n1cnc(-c2ccc(F)cc2)c1. The summed E-state index contributed by atoms with van der Waals surface area (Å²) in [5.41, 5.74) is 2.66. The lowest BCUT2D eigenvalue weighted by Gasteiger charge is -2.43. The predicted octanol–water partition coefficient (Wildman–Crippen LogP) is 6.38. The molecule has 0 amide bonds. The summed E-state index contributed by atoms with van der Waals surface area (Å²) in [5, 5.41) is 2.39. The van der Waals surface area contributed by atoms with E-state index in [1.165, 1.54) is 22.5 Å². The van der Waals surface area contributed by atoms with Gasteiger partial charge >= 0.3 is 0 Å². The van der Waals surface area contributed by atoms with Gasteiger partial charge in [0, 0.05) is 11.8 Å². The minimum absolute atomic E-state index is 0.0849. The van der Waals surface area contributed by atoms with Crippen molar-refractivity contribution in [2.24, 2.45) is 0 Å². The van der Waals surface area contributed by atoms with Crippen molar-refractivity contribution in [3.05, 3.63) is 115 Å². The molecule has 1 aromatic heterocycles. The van der Waals surface area contributed by atoms with Crippen LogP contribution in [0.3, 0.4) is 0 Å². The smallest absolute Gasteiger partial charge is 0.261 e. The van der Waals surface area contributed by atoms with Gasteiger partial charge in [-0.05, 0) is 46.6 Å². The highest BCUT2D eigenvalue weighted by Crippen LogP contribution is 2.37. The number of imidazole rings is 1. The van der Waals surface area contributed by atoms with Crippen LogP contribution in [-0.2, 0) is 4.43 Å². The molecule has 0 bridgehead atoms. The summed E-state index contributed by atoms with van der Waals surface area (Å²) in [5.74, 6) is -0.258. The maximum absolute atomic E-state index is 13.4. The Morgan fingerprint density at radius 1 is 0.943 bits per heavy atom. The molecule has 0 saturated carbocycles. The van der Waals surface area contributed by atoms with E-state index >= 15 is 0 Å². The maximum Gasteiger partial charge on any atom is 0.261 e. The van der Waals surface area contributed by atoms with Gasteiger partial charge in [0.2, 0.25) is 0 Å². The van der Waals surface area contributed by atoms with Gasteiger partial charge in [0.15, 0.2) is 0 Å². The van der Waals surface area contributed by atoms with Gasteiger partial charge in [-0.1, -0.05) is 93.6 Å². The number of hydrogen-bond donors (Lipinski definition) is 0. The van der Waals surface area contributed by atoms with Gasteiger partial charge in [-0.25, -0.2) is 9.37 Å². The van der Waals surface area contributed by atoms with E-state index in [0.29, 0.717) is 6.61 Å². The summed E-state index contributed by atoms with van der Waals surface area (Å²) in [6.45, 7) is 13.6. The Bertz CT molecular complexity index is 1220. The molecule has 0 aliphatic carbocycles. The lowest BCUT2D eigenvalue weighted by molar-refractivity contribution is 0.254. The second kappa shape index (κ2) is 10.1. The average Bonchev–Trinajstić information content (AvgIpc) is 3.32. The van der Waals surface area contributed by atoms with Crippen molar-refractivity contribution in [3.63, 3.8) is 0 Å². The molecule has 0 aliphatic rings. The molecule has 35 heavy (non-hydrogen) atoms. The van der Waals surface area contributed by atoms with Crippen LogP contribution in [0.5, 0.6) is 0 Å². The molecule has 3 aromatic carbocycles. The lowest BCUT2D eigenvalue weighted by Crippen LogP contribution is -2.66. The highest BCUT2D eigenvalue weighted by Gasteiger charge is 2.50. The van der Waals surface area contributed by atoms with Crippen molar-refractivity contribution < 1.29 is 8.82 Å². The van der Waals surface area contributed by atoms with Gasteiger partial charge < -0.3 is 8.99 Å². The van der Waals surface area contributed by atoms with E-state index in [4.69, 9.17) is 4.43 Å². The fraction of sp³-hybridized carbons (Fsp3) is 0.233. The number of hydrogen-bond acceptors (Lipinski definition) is 2. The largest absolute Gasteiger partial charge is 0.405 e. The molecule has 0 saturated heterocycles. The average molecular weight is 485 g/mol. The highest BCUT2D eigenvalue weighted by molar-refractivity contribution is 6.99. The zero-order chi connectivity index (χ0) is 25.1. The first kappa shape index (κ1) is 24.8. The van der Waals surface area contributed by atoms with Crippen LogP contribution in [0.2, 0.25) is 5.04 Å². The van der Waals surface area contributed by atoms with Crippen LogP contribution >= 0.6 is 0 Å². The van der Waals surface area contributed by atoms with Crippen LogP contribution in [0, 0.1) is 5.82 Å². The molecular formula is C30H33FN2OSi. The van der Waals surface area contributed by atoms with Crippen molar-refractivity contribution in [1.29, 1.82) is 0 Å².